The summed E-state index contributed by atoms with van der Waals surface area (Å²) in [6.45, 7) is 0.899. The molecule has 3 rings (SSSR count). The molecule has 1 aromatic heterocycles. The van der Waals surface area contributed by atoms with Crippen molar-refractivity contribution >= 4 is 34.3 Å². The number of hydrogen-bond donors (Lipinski definition) is 0. The van der Waals surface area contributed by atoms with E-state index in [1.54, 1.807) is 61.5 Å². The summed E-state index contributed by atoms with van der Waals surface area (Å²) < 4.78 is 11.1. The lowest BCUT2D eigenvalue weighted by atomic mass is 10.1. The van der Waals surface area contributed by atoms with Gasteiger partial charge in [0.15, 0.2) is 12.3 Å². The van der Waals surface area contributed by atoms with Crippen molar-refractivity contribution in [2.24, 2.45) is 7.05 Å². The van der Waals surface area contributed by atoms with Crippen molar-refractivity contribution in [3.05, 3.63) is 70.6 Å². The first-order chi connectivity index (χ1) is 14.9. The lowest BCUT2D eigenvalue weighted by Gasteiger charge is -2.21. The van der Waals surface area contributed by atoms with Gasteiger partial charge in [-0.05, 0) is 25.1 Å². The number of hydrogen-bond acceptors (Lipinski definition) is 7. The lowest BCUT2D eigenvalue weighted by molar-refractivity contribution is -0.142. The Kier molecular flexibility index (Phi) is 6.76. The van der Waals surface area contributed by atoms with E-state index in [0.717, 1.165) is 4.68 Å². The van der Waals surface area contributed by atoms with Gasteiger partial charge in [-0.15, -0.1) is 0 Å². The van der Waals surface area contributed by atoms with Crippen molar-refractivity contribution in [2.45, 2.75) is 6.92 Å². The van der Waals surface area contributed by atoms with Crippen LogP contribution in [0.25, 0.3) is 10.8 Å². The number of aromatic nitrogens is 2. The molecule has 0 bridgehead atoms. The van der Waals surface area contributed by atoms with E-state index in [1.165, 1.54) is 11.9 Å². The maximum Gasteiger partial charge on any atom is 0.359 e. The second kappa shape index (κ2) is 9.66. The molecule has 0 saturated heterocycles. The van der Waals surface area contributed by atoms with Crippen LogP contribution in [0.15, 0.2) is 59.4 Å². The first kappa shape index (κ1) is 21.7. The Morgan fingerprint density at radius 3 is 2.29 bits per heavy atom. The maximum absolute atomic E-state index is 12.8. The summed E-state index contributed by atoms with van der Waals surface area (Å²) in [7, 11) is 1.42. The number of esters is 2. The highest BCUT2D eigenvalue weighted by atomic mass is 16.5. The molecule has 9 nitrogen and oxygen atoms in total. The minimum Gasteiger partial charge on any atom is -0.465 e. The fraction of sp³-hybridized carbons (Fsp3) is 0.227. The Labute approximate surface area is 177 Å². The van der Waals surface area contributed by atoms with Gasteiger partial charge in [0.1, 0.15) is 6.54 Å². The minimum absolute atomic E-state index is 0.0813. The second-order valence-electron chi connectivity index (χ2n) is 6.52. The Bertz CT molecular complexity index is 1170. The summed E-state index contributed by atoms with van der Waals surface area (Å²) in [6.07, 6.45) is 0. The van der Waals surface area contributed by atoms with E-state index < -0.39 is 24.5 Å². The van der Waals surface area contributed by atoms with Gasteiger partial charge >= 0.3 is 11.9 Å². The van der Waals surface area contributed by atoms with Crippen LogP contribution in [-0.4, -0.2) is 47.4 Å². The van der Waals surface area contributed by atoms with Gasteiger partial charge in [0.2, 0.25) is 0 Å². The molecule has 160 valence electrons. The number of anilines is 1. The van der Waals surface area contributed by atoms with E-state index in [9.17, 15) is 19.2 Å². The number of carbonyl (C=O) groups is 3. The van der Waals surface area contributed by atoms with E-state index in [4.69, 9.17) is 9.47 Å². The third-order valence-electron chi connectivity index (χ3n) is 4.44. The first-order valence-electron chi connectivity index (χ1n) is 9.56. The van der Waals surface area contributed by atoms with Gasteiger partial charge in [0.05, 0.1) is 12.0 Å². The zero-order chi connectivity index (χ0) is 22.4. The summed E-state index contributed by atoms with van der Waals surface area (Å²) in [5, 5.41) is 4.62. The fourth-order valence-corrected chi connectivity index (χ4v) is 2.99. The zero-order valence-electron chi connectivity index (χ0n) is 17.1. The third kappa shape index (κ3) is 4.95. The molecule has 0 radical (unpaired) electrons. The molecule has 0 aliphatic heterocycles. The van der Waals surface area contributed by atoms with Crippen LogP contribution in [0.3, 0.4) is 0 Å². The second-order valence-corrected chi connectivity index (χ2v) is 6.52. The SMILES string of the molecule is CCOC(=O)CN(C(=O)COC(=O)c1nn(C)c(=O)c2ccccc12)c1ccccc1. The van der Waals surface area contributed by atoms with Crippen LogP contribution < -0.4 is 10.5 Å². The Hall–Kier alpha value is -4.01. The molecule has 0 unspecified atom stereocenters. The van der Waals surface area contributed by atoms with Crippen LogP contribution in [0.2, 0.25) is 0 Å². The number of nitrogens with zero attached hydrogens (tertiary/aromatic N) is 3. The topological polar surface area (TPSA) is 108 Å². The Balaban J connectivity index is 1.80. The first-order valence-corrected chi connectivity index (χ1v) is 9.56. The number of benzene rings is 2. The molecule has 0 aliphatic rings. The molecule has 0 spiro atoms. The van der Waals surface area contributed by atoms with E-state index >= 15 is 0 Å². The molecule has 0 N–H and O–H groups in total. The Morgan fingerprint density at radius 1 is 0.968 bits per heavy atom. The molecular weight excluding hydrogens is 402 g/mol. The molecule has 1 heterocycles. The van der Waals surface area contributed by atoms with Gasteiger partial charge in [0, 0.05) is 18.1 Å². The maximum atomic E-state index is 12.8. The van der Waals surface area contributed by atoms with Crippen molar-refractivity contribution in [1.82, 2.24) is 9.78 Å². The van der Waals surface area contributed by atoms with Gasteiger partial charge in [-0.25, -0.2) is 9.48 Å². The normalized spacial score (nSPS) is 10.5. The molecule has 3 aromatic rings. The van der Waals surface area contributed by atoms with Crippen LogP contribution in [0.5, 0.6) is 0 Å². The van der Waals surface area contributed by atoms with E-state index in [0.29, 0.717) is 16.5 Å². The molecule has 0 saturated carbocycles. The average molecular weight is 423 g/mol. The number of aryl methyl sites for hydroxylation is 1. The summed E-state index contributed by atoms with van der Waals surface area (Å²) in [6, 6.07) is 15.0. The van der Waals surface area contributed by atoms with Gasteiger partial charge in [-0.2, -0.15) is 5.10 Å². The van der Waals surface area contributed by atoms with Gasteiger partial charge in [-0.1, -0.05) is 36.4 Å². The predicted octanol–water partition coefficient (Wildman–Crippen LogP) is 1.69. The molecule has 0 atom stereocenters. The van der Waals surface area contributed by atoms with Crippen molar-refractivity contribution < 1.29 is 23.9 Å². The highest BCUT2D eigenvalue weighted by Crippen LogP contribution is 2.16. The number of carbonyl (C=O) groups excluding carboxylic acids is 3. The molecular formula is C22H21N3O6. The van der Waals surface area contributed by atoms with Crippen LogP contribution >= 0.6 is 0 Å². The lowest BCUT2D eigenvalue weighted by Crippen LogP contribution is -2.39. The summed E-state index contributed by atoms with van der Waals surface area (Å²) >= 11 is 0. The van der Waals surface area contributed by atoms with Crippen LogP contribution in [0.1, 0.15) is 17.4 Å². The standard InChI is InChI=1S/C22H21N3O6/c1-3-30-19(27)13-25(15-9-5-4-6-10-15)18(26)14-31-22(29)20-16-11-7-8-12-17(16)21(28)24(2)23-20/h4-12H,3,13-14H2,1-2H3. The van der Waals surface area contributed by atoms with E-state index in [1.807, 2.05) is 0 Å². The molecule has 2 aromatic carbocycles. The van der Waals surface area contributed by atoms with Crippen molar-refractivity contribution in [3.8, 4) is 0 Å². The molecule has 0 aliphatic carbocycles. The van der Waals surface area contributed by atoms with Gasteiger partial charge in [0.25, 0.3) is 11.5 Å². The molecule has 0 fully saturated rings. The highest BCUT2D eigenvalue weighted by molar-refractivity contribution is 6.04. The quantitative estimate of drug-likeness (QED) is 0.532. The smallest absolute Gasteiger partial charge is 0.359 e. The number of rotatable bonds is 7. The van der Waals surface area contributed by atoms with Crippen LogP contribution in [0, 0.1) is 0 Å². The molecule has 1 amide bonds. The van der Waals surface area contributed by atoms with Gasteiger partial charge < -0.3 is 9.47 Å². The monoisotopic (exact) mass is 423 g/mol. The number of amides is 1. The zero-order valence-corrected chi connectivity index (χ0v) is 17.1. The Morgan fingerprint density at radius 2 is 1.61 bits per heavy atom. The van der Waals surface area contributed by atoms with Crippen LogP contribution in [-0.2, 0) is 26.1 Å². The predicted molar refractivity (Wildman–Crippen MR) is 113 cm³/mol. The number of para-hydroxylation sites is 1. The van der Waals surface area contributed by atoms with Crippen molar-refractivity contribution in [1.29, 1.82) is 0 Å². The van der Waals surface area contributed by atoms with E-state index in [2.05, 4.69) is 5.10 Å². The summed E-state index contributed by atoms with van der Waals surface area (Å²) in [4.78, 5) is 50.8. The summed E-state index contributed by atoms with van der Waals surface area (Å²) in [5.41, 5.74) is 0.0253. The fourth-order valence-electron chi connectivity index (χ4n) is 2.99. The largest absolute Gasteiger partial charge is 0.465 e. The molecule has 9 heteroatoms. The summed E-state index contributed by atoms with van der Waals surface area (Å²) in [5.74, 6) is -2.05. The highest BCUT2D eigenvalue weighted by Gasteiger charge is 2.23. The van der Waals surface area contributed by atoms with Crippen molar-refractivity contribution in [3.63, 3.8) is 0 Å². The average Bonchev–Trinajstić information content (AvgIpc) is 2.79. The number of ether oxygens (including phenoxy) is 2. The van der Waals surface area contributed by atoms with Crippen molar-refractivity contribution in [2.75, 3.05) is 24.7 Å². The van der Waals surface area contributed by atoms with E-state index in [-0.39, 0.29) is 24.4 Å². The third-order valence-corrected chi connectivity index (χ3v) is 4.44. The minimum atomic E-state index is -0.857. The number of fused-ring (bicyclic) bond motifs is 1. The van der Waals surface area contributed by atoms with Crippen LogP contribution in [0.4, 0.5) is 5.69 Å². The van der Waals surface area contributed by atoms with Gasteiger partial charge in [-0.3, -0.25) is 19.3 Å². The molecule has 31 heavy (non-hydrogen) atoms.